The quantitative estimate of drug-likeness (QED) is 0.358. The summed E-state index contributed by atoms with van der Waals surface area (Å²) in [5.41, 5.74) is 4.30. The lowest BCUT2D eigenvalue weighted by Gasteiger charge is -2.20. The molecule has 2 aromatic rings. The van der Waals surface area contributed by atoms with E-state index in [1.54, 1.807) is 32.9 Å². The highest BCUT2D eigenvalue weighted by molar-refractivity contribution is 6.02. The summed E-state index contributed by atoms with van der Waals surface area (Å²) in [6, 6.07) is 6.15. The zero-order chi connectivity index (χ0) is 26.5. The number of hydrogen-bond donors (Lipinski definition) is 5. The van der Waals surface area contributed by atoms with E-state index in [0.717, 1.165) is 12.8 Å². The minimum absolute atomic E-state index is 0.0366. The fraction of sp³-hybridized carbons (Fsp3) is 0.391. The second-order valence-corrected chi connectivity index (χ2v) is 8.93. The topological polar surface area (TPSA) is 173 Å². The maximum atomic E-state index is 12.7. The maximum Gasteiger partial charge on any atom is 0.426 e. The number of hydrazine groups is 1. The highest BCUT2D eigenvalue weighted by Crippen LogP contribution is 2.33. The maximum absolute atomic E-state index is 12.7. The van der Waals surface area contributed by atoms with Gasteiger partial charge in [-0.25, -0.2) is 10.2 Å². The van der Waals surface area contributed by atoms with Crippen LogP contribution in [0.25, 0.3) is 0 Å². The average molecular weight is 500 g/mol. The summed E-state index contributed by atoms with van der Waals surface area (Å²) in [5, 5.41) is 16.1. The molecule has 0 aliphatic heterocycles. The third-order valence-corrected chi connectivity index (χ3v) is 4.85. The number of ether oxygens (including phenoxy) is 2. The molecule has 1 aliphatic rings. The summed E-state index contributed by atoms with van der Waals surface area (Å²) in [5.74, 6) is -1.11. The van der Waals surface area contributed by atoms with Crippen molar-refractivity contribution in [1.29, 1.82) is 0 Å². The van der Waals surface area contributed by atoms with Gasteiger partial charge in [-0.2, -0.15) is 0 Å². The smallest absolute Gasteiger partial charge is 0.426 e. The SMILES string of the molecule is CNC(=O)c1nnc(NC(=O)C2CC2)cc1Nc1cccc(C(=O)NNC(=O)OC(C)(C)C)c1OC. The predicted octanol–water partition coefficient (Wildman–Crippen LogP) is 2.11. The van der Waals surface area contributed by atoms with E-state index in [1.807, 2.05) is 0 Å². The first kappa shape index (κ1) is 26.2. The van der Waals surface area contributed by atoms with Crippen molar-refractivity contribution in [2.75, 3.05) is 24.8 Å². The minimum atomic E-state index is -0.831. The van der Waals surface area contributed by atoms with Gasteiger partial charge >= 0.3 is 6.09 Å². The van der Waals surface area contributed by atoms with Gasteiger partial charge in [0.2, 0.25) is 5.91 Å². The highest BCUT2D eigenvalue weighted by atomic mass is 16.6. The lowest BCUT2D eigenvalue weighted by atomic mass is 10.1. The Balaban J connectivity index is 1.85. The Bertz CT molecular complexity index is 1170. The first-order valence-electron chi connectivity index (χ1n) is 11.2. The minimum Gasteiger partial charge on any atom is -0.494 e. The van der Waals surface area contributed by atoms with Gasteiger partial charge in [0, 0.05) is 19.0 Å². The Labute approximate surface area is 207 Å². The molecule has 1 aliphatic carbocycles. The fourth-order valence-corrected chi connectivity index (χ4v) is 3.07. The predicted molar refractivity (Wildman–Crippen MR) is 130 cm³/mol. The number of methoxy groups -OCH3 is 1. The van der Waals surface area contributed by atoms with E-state index in [4.69, 9.17) is 9.47 Å². The molecule has 0 radical (unpaired) electrons. The lowest BCUT2D eigenvalue weighted by molar-refractivity contribution is -0.117. The summed E-state index contributed by atoms with van der Waals surface area (Å²) in [6.07, 6.45) is 0.799. The molecule has 192 valence electrons. The standard InChI is InChI=1S/C23H29N7O6/c1-23(2,3)36-22(34)30-29-20(32)13-7-6-8-14(18(13)35-5)25-15-11-16(26-19(31)12-9-10-12)27-28-17(15)21(33)24-4/h6-8,11-12H,9-10H2,1-5H3,(H,24,33)(H,29,32)(H,30,34)(H2,25,26,27,31). The van der Waals surface area contributed by atoms with Gasteiger partial charge in [-0.3, -0.25) is 19.8 Å². The molecular formula is C23H29N7O6. The van der Waals surface area contributed by atoms with E-state index in [1.165, 1.54) is 26.3 Å². The molecular weight excluding hydrogens is 470 g/mol. The average Bonchev–Trinajstić information content (AvgIpc) is 3.67. The summed E-state index contributed by atoms with van der Waals surface area (Å²) in [7, 11) is 2.81. The molecule has 13 nitrogen and oxygen atoms in total. The van der Waals surface area contributed by atoms with Crippen molar-refractivity contribution in [3.63, 3.8) is 0 Å². The molecule has 4 amide bonds. The molecule has 0 unspecified atom stereocenters. The molecule has 1 saturated carbocycles. The van der Waals surface area contributed by atoms with Crippen molar-refractivity contribution < 1.29 is 28.7 Å². The van der Waals surface area contributed by atoms with Gasteiger partial charge < -0.3 is 25.4 Å². The normalized spacial score (nSPS) is 12.7. The second-order valence-electron chi connectivity index (χ2n) is 8.93. The van der Waals surface area contributed by atoms with Crippen LogP contribution in [0.2, 0.25) is 0 Å². The van der Waals surface area contributed by atoms with Crippen molar-refractivity contribution >= 4 is 41.0 Å². The van der Waals surface area contributed by atoms with Crippen LogP contribution >= 0.6 is 0 Å². The first-order chi connectivity index (χ1) is 17.0. The van der Waals surface area contributed by atoms with Gasteiger partial charge in [0.15, 0.2) is 17.3 Å². The number of aromatic nitrogens is 2. The van der Waals surface area contributed by atoms with Gasteiger partial charge in [-0.05, 0) is 45.7 Å². The number of para-hydroxylation sites is 1. The molecule has 0 spiro atoms. The lowest BCUT2D eigenvalue weighted by Crippen LogP contribution is -2.44. The van der Waals surface area contributed by atoms with Crippen LogP contribution in [-0.4, -0.2) is 53.8 Å². The Morgan fingerprint density at radius 3 is 2.33 bits per heavy atom. The van der Waals surface area contributed by atoms with Crippen LogP contribution in [0.1, 0.15) is 54.5 Å². The zero-order valence-corrected chi connectivity index (χ0v) is 20.6. The van der Waals surface area contributed by atoms with Crippen molar-refractivity contribution in [2.45, 2.75) is 39.2 Å². The van der Waals surface area contributed by atoms with E-state index in [2.05, 4.69) is 37.0 Å². The molecule has 1 heterocycles. The van der Waals surface area contributed by atoms with E-state index in [9.17, 15) is 19.2 Å². The molecule has 1 aromatic carbocycles. The molecule has 1 fully saturated rings. The molecule has 1 aromatic heterocycles. The van der Waals surface area contributed by atoms with Crippen molar-refractivity contribution in [3.8, 4) is 5.75 Å². The third kappa shape index (κ3) is 6.81. The number of nitrogens with one attached hydrogen (secondary N) is 5. The monoisotopic (exact) mass is 499 g/mol. The summed E-state index contributed by atoms with van der Waals surface area (Å²) < 4.78 is 10.5. The number of nitrogens with zero attached hydrogens (tertiary/aromatic N) is 2. The van der Waals surface area contributed by atoms with E-state index < -0.39 is 23.5 Å². The van der Waals surface area contributed by atoms with Crippen LogP contribution in [0.3, 0.4) is 0 Å². The number of anilines is 3. The van der Waals surface area contributed by atoms with Gasteiger partial charge in [0.05, 0.1) is 24.0 Å². The molecule has 13 heteroatoms. The van der Waals surface area contributed by atoms with E-state index in [0.29, 0.717) is 5.69 Å². The molecule has 36 heavy (non-hydrogen) atoms. The van der Waals surface area contributed by atoms with Gasteiger partial charge in [-0.15, -0.1) is 10.2 Å². The number of hydrogen-bond acceptors (Lipinski definition) is 9. The summed E-state index contributed by atoms with van der Waals surface area (Å²) in [4.78, 5) is 49.1. The number of carbonyl (C=O) groups is 4. The molecule has 3 rings (SSSR count). The Morgan fingerprint density at radius 2 is 1.72 bits per heavy atom. The van der Waals surface area contributed by atoms with Gasteiger partial charge in [0.25, 0.3) is 11.8 Å². The number of benzene rings is 1. The number of carbonyl (C=O) groups excluding carboxylic acids is 4. The molecule has 0 saturated heterocycles. The number of rotatable bonds is 7. The van der Waals surface area contributed by atoms with Crippen LogP contribution in [0.15, 0.2) is 24.3 Å². The van der Waals surface area contributed by atoms with Crippen LogP contribution in [0, 0.1) is 5.92 Å². The molecule has 0 atom stereocenters. The van der Waals surface area contributed by atoms with Crippen molar-refractivity contribution in [2.24, 2.45) is 5.92 Å². The van der Waals surface area contributed by atoms with Gasteiger partial charge in [0.1, 0.15) is 5.60 Å². The van der Waals surface area contributed by atoms with E-state index >= 15 is 0 Å². The summed E-state index contributed by atoms with van der Waals surface area (Å²) >= 11 is 0. The first-order valence-corrected chi connectivity index (χ1v) is 11.2. The Hall–Kier alpha value is -4.42. The van der Waals surface area contributed by atoms with Crippen LogP contribution in [0.4, 0.5) is 22.0 Å². The number of amides is 4. The zero-order valence-electron chi connectivity index (χ0n) is 20.6. The Kier molecular flexibility index (Phi) is 7.92. The largest absolute Gasteiger partial charge is 0.494 e. The summed E-state index contributed by atoms with van der Waals surface area (Å²) in [6.45, 7) is 5.07. The third-order valence-electron chi connectivity index (χ3n) is 4.85. The van der Waals surface area contributed by atoms with Crippen LogP contribution in [0.5, 0.6) is 5.75 Å². The van der Waals surface area contributed by atoms with Gasteiger partial charge in [-0.1, -0.05) is 6.07 Å². The fourth-order valence-electron chi connectivity index (χ4n) is 3.07. The van der Waals surface area contributed by atoms with Crippen LogP contribution in [-0.2, 0) is 9.53 Å². The highest BCUT2D eigenvalue weighted by Gasteiger charge is 2.30. The Morgan fingerprint density at radius 1 is 1.00 bits per heavy atom. The van der Waals surface area contributed by atoms with Crippen molar-refractivity contribution in [1.82, 2.24) is 26.4 Å². The van der Waals surface area contributed by atoms with Crippen LogP contribution < -0.4 is 31.5 Å². The second kappa shape index (κ2) is 10.9. The van der Waals surface area contributed by atoms with Crippen molar-refractivity contribution in [3.05, 3.63) is 35.5 Å². The molecule has 0 bridgehead atoms. The molecule has 5 N–H and O–H groups in total. The van der Waals surface area contributed by atoms with E-state index in [-0.39, 0.29) is 40.3 Å².